The molecule has 0 saturated carbocycles. The fourth-order valence-electron chi connectivity index (χ4n) is 1.70. The smallest absolute Gasteiger partial charge is 0.229 e. The number of rotatable bonds is 3. The van der Waals surface area contributed by atoms with Gasteiger partial charge in [-0.05, 0) is 12.1 Å². The molecule has 4 nitrogen and oxygen atoms in total. The van der Waals surface area contributed by atoms with Crippen LogP contribution in [-0.2, 0) is 16.0 Å². The summed E-state index contributed by atoms with van der Waals surface area (Å²) in [5, 5.41) is 2.79. The molecule has 2 heterocycles. The van der Waals surface area contributed by atoms with Crippen molar-refractivity contribution in [2.75, 3.05) is 18.5 Å². The zero-order valence-electron chi connectivity index (χ0n) is 8.16. The van der Waals surface area contributed by atoms with Gasteiger partial charge in [0.15, 0.2) is 0 Å². The summed E-state index contributed by atoms with van der Waals surface area (Å²) in [4.78, 5) is 11.2. The fraction of sp³-hybridized carbons (Fsp3) is 0.364. The van der Waals surface area contributed by atoms with E-state index in [4.69, 9.17) is 9.47 Å². The maximum Gasteiger partial charge on any atom is 0.229 e. The van der Waals surface area contributed by atoms with Gasteiger partial charge in [-0.25, -0.2) is 0 Å². The molecule has 1 atom stereocenters. The zero-order chi connectivity index (χ0) is 10.3. The van der Waals surface area contributed by atoms with Gasteiger partial charge in [0.2, 0.25) is 5.91 Å². The summed E-state index contributed by atoms with van der Waals surface area (Å²) in [7, 11) is 0. The van der Waals surface area contributed by atoms with Gasteiger partial charge in [-0.1, -0.05) is 6.07 Å². The molecule has 1 saturated heterocycles. The third-order valence-corrected chi connectivity index (χ3v) is 2.57. The number of amides is 1. The van der Waals surface area contributed by atoms with E-state index in [1.807, 2.05) is 18.2 Å². The van der Waals surface area contributed by atoms with Gasteiger partial charge in [0, 0.05) is 11.3 Å². The van der Waals surface area contributed by atoms with Crippen LogP contribution in [0.2, 0.25) is 0 Å². The highest BCUT2D eigenvalue weighted by Crippen LogP contribution is 2.31. The Kier molecular flexibility index (Phi) is 1.89. The summed E-state index contributed by atoms with van der Waals surface area (Å²) in [5.41, 5.74) is 1.83. The van der Waals surface area contributed by atoms with Crippen molar-refractivity contribution in [2.45, 2.75) is 12.5 Å². The molecule has 1 aromatic rings. The van der Waals surface area contributed by atoms with Crippen LogP contribution in [0.3, 0.4) is 0 Å². The van der Waals surface area contributed by atoms with Crippen LogP contribution < -0.4 is 10.1 Å². The highest BCUT2D eigenvalue weighted by Gasteiger charge is 2.25. The van der Waals surface area contributed by atoms with Crippen LogP contribution in [0.5, 0.6) is 5.75 Å². The second kappa shape index (κ2) is 3.24. The van der Waals surface area contributed by atoms with Gasteiger partial charge in [0.1, 0.15) is 18.5 Å². The molecule has 2 aliphatic rings. The Morgan fingerprint density at radius 1 is 1.53 bits per heavy atom. The summed E-state index contributed by atoms with van der Waals surface area (Å²) in [6.07, 6.45) is 0.655. The first-order chi connectivity index (χ1) is 7.33. The van der Waals surface area contributed by atoms with Crippen LogP contribution in [0.15, 0.2) is 18.2 Å². The molecule has 1 amide bonds. The Labute approximate surface area is 87.2 Å². The van der Waals surface area contributed by atoms with Crippen LogP contribution in [-0.4, -0.2) is 25.2 Å². The number of hydrogen-bond donors (Lipinski definition) is 1. The van der Waals surface area contributed by atoms with E-state index in [0.717, 1.165) is 23.6 Å². The van der Waals surface area contributed by atoms with E-state index in [1.165, 1.54) is 0 Å². The normalized spacial score (nSPS) is 22.1. The van der Waals surface area contributed by atoms with E-state index in [-0.39, 0.29) is 12.0 Å². The summed E-state index contributed by atoms with van der Waals surface area (Å²) in [6, 6.07) is 5.66. The molecule has 3 rings (SSSR count). The first-order valence-electron chi connectivity index (χ1n) is 4.99. The highest BCUT2D eigenvalue weighted by atomic mass is 16.6. The number of ether oxygens (including phenoxy) is 2. The van der Waals surface area contributed by atoms with Gasteiger partial charge in [0.05, 0.1) is 13.0 Å². The number of fused-ring (bicyclic) bond motifs is 1. The zero-order valence-corrected chi connectivity index (χ0v) is 8.16. The number of carbonyl (C=O) groups excluding carboxylic acids is 1. The van der Waals surface area contributed by atoms with Gasteiger partial charge < -0.3 is 14.8 Å². The number of anilines is 1. The summed E-state index contributed by atoms with van der Waals surface area (Å²) in [5.74, 6) is 0.824. The monoisotopic (exact) mass is 205 g/mol. The molecule has 1 fully saturated rings. The molecule has 0 unspecified atom stereocenters. The van der Waals surface area contributed by atoms with Gasteiger partial charge in [-0.3, -0.25) is 4.79 Å². The van der Waals surface area contributed by atoms with Crippen molar-refractivity contribution in [3.63, 3.8) is 0 Å². The third kappa shape index (κ3) is 1.68. The minimum Gasteiger partial charge on any atom is -0.490 e. The van der Waals surface area contributed by atoms with Crippen molar-refractivity contribution in [1.29, 1.82) is 0 Å². The molecule has 4 heteroatoms. The third-order valence-electron chi connectivity index (χ3n) is 2.57. The van der Waals surface area contributed by atoms with Crippen LogP contribution in [0, 0.1) is 0 Å². The van der Waals surface area contributed by atoms with Gasteiger partial charge >= 0.3 is 0 Å². The van der Waals surface area contributed by atoms with Crippen molar-refractivity contribution in [2.24, 2.45) is 0 Å². The molecular formula is C11H11NO3. The Hall–Kier alpha value is -1.55. The first kappa shape index (κ1) is 8.73. The predicted octanol–water partition coefficient (Wildman–Crippen LogP) is 0.959. The average molecular weight is 205 g/mol. The van der Waals surface area contributed by atoms with E-state index in [9.17, 15) is 4.79 Å². The van der Waals surface area contributed by atoms with Gasteiger partial charge in [0.25, 0.3) is 0 Å². The molecule has 0 spiro atoms. The lowest BCUT2D eigenvalue weighted by atomic mass is 10.1. The fourth-order valence-corrected chi connectivity index (χ4v) is 1.70. The quantitative estimate of drug-likeness (QED) is 0.748. The standard InChI is InChI=1S/C11H11NO3/c13-11-4-8-9(12-11)2-1-3-10(8)15-6-7-5-14-7/h1-3,7H,4-6H2,(H,12,13)/t7-/m0/s1. The van der Waals surface area contributed by atoms with E-state index in [0.29, 0.717) is 13.0 Å². The summed E-state index contributed by atoms with van der Waals surface area (Å²) < 4.78 is 10.7. The average Bonchev–Trinajstić information content (AvgIpc) is 2.96. The van der Waals surface area contributed by atoms with Crippen LogP contribution >= 0.6 is 0 Å². The second-order valence-corrected chi connectivity index (χ2v) is 3.77. The van der Waals surface area contributed by atoms with Crippen LogP contribution in [0.25, 0.3) is 0 Å². The largest absolute Gasteiger partial charge is 0.490 e. The molecule has 0 bridgehead atoms. The molecule has 78 valence electrons. The summed E-state index contributed by atoms with van der Waals surface area (Å²) in [6.45, 7) is 1.36. The summed E-state index contributed by atoms with van der Waals surface area (Å²) >= 11 is 0. The number of benzene rings is 1. The first-order valence-corrected chi connectivity index (χ1v) is 4.99. The lowest BCUT2D eigenvalue weighted by Crippen LogP contribution is -2.06. The van der Waals surface area contributed by atoms with Crippen molar-refractivity contribution in [3.05, 3.63) is 23.8 Å². The molecule has 0 radical (unpaired) electrons. The van der Waals surface area contributed by atoms with Crippen LogP contribution in [0.1, 0.15) is 5.56 Å². The second-order valence-electron chi connectivity index (χ2n) is 3.77. The number of hydrogen-bond acceptors (Lipinski definition) is 3. The topological polar surface area (TPSA) is 50.9 Å². The lowest BCUT2D eigenvalue weighted by molar-refractivity contribution is -0.115. The van der Waals surface area contributed by atoms with Crippen LogP contribution in [0.4, 0.5) is 5.69 Å². The van der Waals surface area contributed by atoms with E-state index < -0.39 is 0 Å². The minimum atomic E-state index is 0.0312. The molecule has 1 N–H and O–H groups in total. The van der Waals surface area contributed by atoms with Gasteiger partial charge in [-0.2, -0.15) is 0 Å². The SMILES string of the molecule is O=C1Cc2c(cccc2OC[C@@H]2CO2)N1. The molecule has 0 aliphatic carbocycles. The van der Waals surface area contributed by atoms with Crippen molar-refractivity contribution < 1.29 is 14.3 Å². The van der Waals surface area contributed by atoms with E-state index in [1.54, 1.807) is 0 Å². The Morgan fingerprint density at radius 3 is 3.20 bits per heavy atom. The Balaban J connectivity index is 1.81. The minimum absolute atomic E-state index is 0.0312. The van der Waals surface area contributed by atoms with E-state index >= 15 is 0 Å². The number of epoxide rings is 1. The predicted molar refractivity (Wildman–Crippen MR) is 54.0 cm³/mol. The maximum atomic E-state index is 11.2. The Bertz CT molecular complexity index is 412. The van der Waals surface area contributed by atoms with Crippen molar-refractivity contribution in [1.82, 2.24) is 0 Å². The Morgan fingerprint density at radius 2 is 2.40 bits per heavy atom. The molecule has 2 aliphatic heterocycles. The highest BCUT2D eigenvalue weighted by molar-refractivity contribution is 6.00. The number of carbonyl (C=O) groups is 1. The number of nitrogens with one attached hydrogen (secondary N) is 1. The molecular weight excluding hydrogens is 194 g/mol. The van der Waals surface area contributed by atoms with Crippen molar-refractivity contribution in [3.8, 4) is 5.75 Å². The molecule has 15 heavy (non-hydrogen) atoms. The maximum absolute atomic E-state index is 11.2. The van der Waals surface area contributed by atoms with Crippen molar-refractivity contribution >= 4 is 11.6 Å². The molecule has 0 aromatic heterocycles. The van der Waals surface area contributed by atoms with Gasteiger partial charge in [-0.15, -0.1) is 0 Å². The lowest BCUT2D eigenvalue weighted by Gasteiger charge is -2.08. The molecule has 1 aromatic carbocycles. The van der Waals surface area contributed by atoms with E-state index in [2.05, 4.69) is 5.32 Å².